The van der Waals surface area contributed by atoms with Crippen molar-refractivity contribution in [3.8, 4) is 35.1 Å². The van der Waals surface area contributed by atoms with Gasteiger partial charge in [0.05, 0.1) is 28.8 Å². The van der Waals surface area contributed by atoms with Crippen molar-refractivity contribution in [2.24, 2.45) is 0 Å². The van der Waals surface area contributed by atoms with Crippen molar-refractivity contribution < 1.29 is 9.47 Å². The van der Waals surface area contributed by atoms with Crippen molar-refractivity contribution in [2.75, 3.05) is 13.2 Å². The molecule has 0 N–H and O–H groups in total. The lowest BCUT2D eigenvalue weighted by atomic mass is 9.99. The minimum Gasteiger partial charge on any atom is -0.493 e. The zero-order valence-corrected chi connectivity index (χ0v) is 21.6. The Morgan fingerprint density at radius 3 is 2.51 bits per heavy atom. The molecule has 1 aromatic heterocycles. The number of ether oxygens (including phenoxy) is 2. The average molecular weight is 531 g/mol. The molecule has 0 spiro atoms. The molecule has 6 heteroatoms. The molecule has 4 aromatic rings. The number of rotatable bonds is 8. The molecule has 0 radical (unpaired) electrons. The van der Waals surface area contributed by atoms with E-state index in [1.165, 1.54) is 5.56 Å². The molecule has 0 aliphatic carbocycles. The molecule has 3 aromatic carbocycles. The van der Waals surface area contributed by atoms with Crippen LogP contribution in [0.2, 0.25) is 0 Å². The van der Waals surface area contributed by atoms with E-state index in [1.54, 1.807) is 4.57 Å². The quantitative estimate of drug-likeness (QED) is 0.247. The molecule has 35 heavy (non-hydrogen) atoms. The van der Waals surface area contributed by atoms with E-state index in [1.807, 2.05) is 55.5 Å². The number of halogens is 1. The second-order valence-electron chi connectivity index (χ2n) is 8.48. The summed E-state index contributed by atoms with van der Waals surface area (Å²) in [4.78, 5) is 17.8. The van der Waals surface area contributed by atoms with Crippen LogP contribution in [0.4, 0.5) is 0 Å². The van der Waals surface area contributed by atoms with Gasteiger partial charge in [0.2, 0.25) is 0 Å². The van der Waals surface area contributed by atoms with Crippen molar-refractivity contribution in [3.63, 3.8) is 0 Å². The minimum absolute atomic E-state index is 0.163. The number of benzene rings is 3. The van der Waals surface area contributed by atoms with Gasteiger partial charge < -0.3 is 9.47 Å². The predicted molar refractivity (Wildman–Crippen MR) is 144 cm³/mol. The number of hydrogen-bond donors (Lipinski definition) is 0. The summed E-state index contributed by atoms with van der Waals surface area (Å²) in [7, 11) is 0. The molecule has 0 fully saturated rings. The Morgan fingerprint density at radius 2 is 1.83 bits per heavy atom. The molecule has 4 rings (SSSR count). The van der Waals surface area contributed by atoms with E-state index in [-0.39, 0.29) is 12.3 Å². The first-order valence-electron chi connectivity index (χ1n) is 11.5. The van der Waals surface area contributed by atoms with E-state index in [4.69, 9.17) is 15.9 Å². The second kappa shape index (κ2) is 10.8. The molecule has 0 amide bonds. The number of hydrogen-bond acceptors (Lipinski definition) is 4. The Kier molecular flexibility index (Phi) is 7.57. The first-order valence-corrected chi connectivity index (χ1v) is 12.3. The van der Waals surface area contributed by atoms with Crippen LogP contribution in [0, 0.1) is 12.3 Å². The third-order valence-electron chi connectivity index (χ3n) is 5.76. The van der Waals surface area contributed by atoms with Crippen molar-refractivity contribution in [2.45, 2.75) is 33.2 Å². The Labute approximate surface area is 213 Å². The lowest BCUT2D eigenvalue weighted by Gasteiger charge is -2.15. The number of fused-ring (bicyclic) bond motifs is 1. The van der Waals surface area contributed by atoms with Crippen LogP contribution in [-0.2, 0) is 6.54 Å². The van der Waals surface area contributed by atoms with Gasteiger partial charge in [0, 0.05) is 10.9 Å². The van der Waals surface area contributed by atoms with Crippen LogP contribution in [0.1, 0.15) is 37.8 Å². The van der Waals surface area contributed by atoms with E-state index >= 15 is 0 Å². The summed E-state index contributed by atoms with van der Waals surface area (Å²) in [6.45, 7) is 7.31. The maximum atomic E-state index is 13.3. The summed E-state index contributed by atoms with van der Waals surface area (Å²) < 4.78 is 13.9. The second-order valence-corrected chi connectivity index (χ2v) is 9.33. The number of nitrogens with zero attached hydrogens (tertiary/aromatic N) is 2. The molecular weight excluding hydrogens is 504 g/mol. The van der Waals surface area contributed by atoms with Crippen LogP contribution in [0.15, 0.2) is 69.9 Å². The van der Waals surface area contributed by atoms with E-state index in [0.717, 1.165) is 32.3 Å². The largest absolute Gasteiger partial charge is 0.493 e. The standard InChI is InChI=1S/C29H27BrN2O3/c1-5-15-35-23-12-14-26-24(17-23)28(22-10-8-21(9-11-22)19(3)4)31-29(33)32(26)18-20-7-13-25(30)27(16-20)34-6-2/h1,7-14,16-17,19H,6,15,18H2,2-4H3. The highest BCUT2D eigenvalue weighted by atomic mass is 79.9. The van der Waals surface area contributed by atoms with Gasteiger partial charge in [-0.3, -0.25) is 4.57 Å². The topological polar surface area (TPSA) is 53.3 Å². The molecule has 0 saturated carbocycles. The summed E-state index contributed by atoms with van der Waals surface area (Å²) in [6.07, 6.45) is 5.38. The molecular formula is C29H27BrN2O3. The minimum atomic E-state index is -0.321. The normalized spacial score (nSPS) is 11.0. The summed E-state index contributed by atoms with van der Waals surface area (Å²) >= 11 is 3.52. The summed E-state index contributed by atoms with van der Waals surface area (Å²) in [5.74, 6) is 4.27. The van der Waals surface area contributed by atoms with Gasteiger partial charge in [-0.25, -0.2) is 4.79 Å². The number of terminal acetylenes is 1. The van der Waals surface area contributed by atoms with Gasteiger partial charge in [-0.1, -0.05) is 50.1 Å². The van der Waals surface area contributed by atoms with Gasteiger partial charge >= 0.3 is 5.69 Å². The summed E-state index contributed by atoms with van der Waals surface area (Å²) in [5, 5.41) is 0.818. The van der Waals surface area contributed by atoms with Gasteiger partial charge in [-0.15, -0.1) is 6.42 Å². The smallest absolute Gasteiger partial charge is 0.348 e. The Hall–Kier alpha value is -3.56. The average Bonchev–Trinajstić information content (AvgIpc) is 2.86. The molecule has 0 bridgehead atoms. The third-order valence-corrected chi connectivity index (χ3v) is 6.42. The van der Waals surface area contributed by atoms with E-state index < -0.39 is 0 Å². The molecule has 0 aliphatic heterocycles. The summed E-state index contributed by atoms with van der Waals surface area (Å²) in [5.41, 5.74) is 4.10. The van der Waals surface area contributed by atoms with E-state index in [9.17, 15) is 4.79 Å². The molecule has 0 atom stereocenters. The SMILES string of the molecule is C#CCOc1ccc2c(c1)c(-c1ccc(C(C)C)cc1)nc(=O)n2Cc1ccc(Br)c(OCC)c1. The van der Waals surface area contributed by atoms with Gasteiger partial charge in [0.1, 0.15) is 18.1 Å². The monoisotopic (exact) mass is 530 g/mol. The van der Waals surface area contributed by atoms with Gasteiger partial charge in [-0.05, 0) is 70.2 Å². The van der Waals surface area contributed by atoms with Crippen LogP contribution in [0.5, 0.6) is 11.5 Å². The zero-order valence-electron chi connectivity index (χ0n) is 20.0. The summed E-state index contributed by atoms with van der Waals surface area (Å²) in [6, 6.07) is 19.6. The van der Waals surface area contributed by atoms with Crippen LogP contribution in [0.3, 0.4) is 0 Å². The van der Waals surface area contributed by atoms with Gasteiger partial charge in [0.15, 0.2) is 0 Å². The highest BCUT2D eigenvalue weighted by Gasteiger charge is 2.15. The molecule has 5 nitrogen and oxygen atoms in total. The highest BCUT2D eigenvalue weighted by Crippen LogP contribution is 2.31. The Balaban J connectivity index is 1.86. The van der Waals surface area contributed by atoms with Gasteiger partial charge in [-0.2, -0.15) is 4.98 Å². The molecule has 178 valence electrons. The van der Waals surface area contributed by atoms with Crippen molar-refractivity contribution in [1.82, 2.24) is 9.55 Å². The Bertz CT molecular complexity index is 1450. The fourth-order valence-electron chi connectivity index (χ4n) is 3.97. The maximum Gasteiger partial charge on any atom is 0.348 e. The van der Waals surface area contributed by atoms with Crippen LogP contribution in [0.25, 0.3) is 22.2 Å². The molecule has 0 unspecified atom stereocenters. The predicted octanol–water partition coefficient (Wildman–Crippen LogP) is 6.41. The van der Waals surface area contributed by atoms with Crippen molar-refractivity contribution in [1.29, 1.82) is 0 Å². The van der Waals surface area contributed by atoms with E-state index in [0.29, 0.717) is 30.5 Å². The highest BCUT2D eigenvalue weighted by molar-refractivity contribution is 9.10. The maximum absolute atomic E-state index is 13.3. The fourth-order valence-corrected chi connectivity index (χ4v) is 4.33. The van der Waals surface area contributed by atoms with Crippen molar-refractivity contribution >= 4 is 26.8 Å². The molecule has 0 saturated heterocycles. The lowest BCUT2D eigenvalue weighted by Crippen LogP contribution is -2.24. The number of aromatic nitrogens is 2. The van der Waals surface area contributed by atoms with Crippen LogP contribution in [-0.4, -0.2) is 22.8 Å². The Morgan fingerprint density at radius 1 is 1.06 bits per heavy atom. The lowest BCUT2D eigenvalue weighted by molar-refractivity contribution is 0.337. The van der Waals surface area contributed by atoms with Crippen LogP contribution >= 0.6 is 15.9 Å². The third kappa shape index (κ3) is 5.41. The molecule has 0 aliphatic rings. The zero-order chi connectivity index (χ0) is 24.9. The van der Waals surface area contributed by atoms with E-state index in [2.05, 4.69) is 52.8 Å². The molecule has 1 heterocycles. The fraction of sp³-hybridized carbons (Fsp3) is 0.241. The van der Waals surface area contributed by atoms with Crippen LogP contribution < -0.4 is 15.2 Å². The van der Waals surface area contributed by atoms with Gasteiger partial charge in [0.25, 0.3) is 0 Å². The first-order chi connectivity index (χ1) is 16.9. The first kappa shape index (κ1) is 24.6. The van der Waals surface area contributed by atoms with Crippen molar-refractivity contribution in [3.05, 3.63) is 86.7 Å².